The van der Waals surface area contributed by atoms with E-state index in [1.54, 1.807) is 0 Å². The Balaban J connectivity index is 2.15. The summed E-state index contributed by atoms with van der Waals surface area (Å²) in [5, 5.41) is 0. The summed E-state index contributed by atoms with van der Waals surface area (Å²) in [6.45, 7) is 4.49. The van der Waals surface area contributed by atoms with Gasteiger partial charge in [-0.05, 0) is 47.8 Å². The Kier molecular flexibility index (Phi) is 3.35. The zero-order valence-electron chi connectivity index (χ0n) is 8.91. The Morgan fingerprint density at radius 1 is 1.20 bits per heavy atom. The molecule has 1 aliphatic heterocycles. The van der Waals surface area contributed by atoms with Crippen molar-refractivity contribution in [3.8, 4) is 0 Å². The number of anilines is 2. The van der Waals surface area contributed by atoms with Crippen molar-refractivity contribution < 1.29 is 0 Å². The second-order valence-electron chi connectivity index (χ2n) is 4.00. The number of nitrogens with zero attached hydrogens (tertiary/aromatic N) is 2. The van der Waals surface area contributed by atoms with Crippen molar-refractivity contribution in [1.29, 1.82) is 0 Å². The minimum absolute atomic E-state index is 0.845. The van der Waals surface area contributed by atoms with Gasteiger partial charge in [0.15, 0.2) is 0 Å². The van der Waals surface area contributed by atoms with E-state index in [-0.39, 0.29) is 0 Å². The Morgan fingerprint density at radius 3 is 2.47 bits per heavy atom. The third kappa shape index (κ3) is 2.55. The zero-order valence-corrected chi connectivity index (χ0v) is 11.1. The molecule has 82 valence electrons. The highest BCUT2D eigenvalue weighted by Crippen LogP contribution is 2.25. The average molecular weight is 317 g/mol. The Bertz CT molecular complexity index is 346. The van der Waals surface area contributed by atoms with E-state index in [0.717, 1.165) is 31.9 Å². The monoisotopic (exact) mass is 317 g/mol. The van der Waals surface area contributed by atoms with Crippen LogP contribution < -0.4 is 10.6 Å². The molecular formula is C11H16IN3. The smallest absolute Gasteiger partial charge is 0.0504 e. The maximum absolute atomic E-state index is 5.75. The van der Waals surface area contributed by atoms with Gasteiger partial charge in [0.05, 0.1) is 5.69 Å². The fraction of sp³-hybridized carbons (Fsp3) is 0.455. The number of benzene rings is 1. The van der Waals surface area contributed by atoms with E-state index in [1.165, 1.54) is 9.26 Å². The molecule has 1 fully saturated rings. The van der Waals surface area contributed by atoms with Crippen molar-refractivity contribution in [2.75, 3.05) is 43.9 Å². The van der Waals surface area contributed by atoms with E-state index in [9.17, 15) is 0 Å². The first-order valence-electron chi connectivity index (χ1n) is 5.15. The lowest BCUT2D eigenvalue weighted by molar-refractivity contribution is 0.312. The summed E-state index contributed by atoms with van der Waals surface area (Å²) < 4.78 is 1.25. The van der Waals surface area contributed by atoms with Gasteiger partial charge in [-0.15, -0.1) is 0 Å². The van der Waals surface area contributed by atoms with Crippen molar-refractivity contribution >= 4 is 34.0 Å². The molecule has 0 bridgehead atoms. The van der Waals surface area contributed by atoms with Gasteiger partial charge in [-0.1, -0.05) is 0 Å². The summed E-state index contributed by atoms with van der Waals surface area (Å²) in [5.41, 5.74) is 7.91. The van der Waals surface area contributed by atoms with Gasteiger partial charge in [-0.25, -0.2) is 0 Å². The highest BCUT2D eigenvalue weighted by atomic mass is 127. The van der Waals surface area contributed by atoms with E-state index < -0.39 is 0 Å². The molecule has 1 saturated heterocycles. The maximum atomic E-state index is 5.75. The summed E-state index contributed by atoms with van der Waals surface area (Å²) >= 11 is 2.36. The van der Waals surface area contributed by atoms with Gasteiger partial charge in [0, 0.05) is 35.4 Å². The van der Waals surface area contributed by atoms with Gasteiger partial charge in [0.1, 0.15) is 0 Å². The Morgan fingerprint density at radius 2 is 1.87 bits per heavy atom. The average Bonchev–Trinajstić information content (AvgIpc) is 2.20. The number of halogens is 1. The van der Waals surface area contributed by atoms with Crippen LogP contribution in [0, 0.1) is 3.57 Å². The summed E-state index contributed by atoms with van der Waals surface area (Å²) in [6, 6.07) is 6.15. The lowest BCUT2D eigenvalue weighted by Gasteiger charge is -2.34. The molecule has 0 spiro atoms. The Labute approximate surface area is 104 Å². The second-order valence-corrected chi connectivity index (χ2v) is 5.16. The molecule has 0 amide bonds. The highest BCUT2D eigenvalue weighted by molar-refractivity contribution is 14.1. The number of nitrogens with two attached hydrogens (primary N) is 1. The van der Waals surface area contributed by atoms with Crippen molar-refractivity contribution in [3.63, 3.8) is 0 Å². The number of nitrogen functional groups attached to an aromatic ring is 1. The minimum Gasteiger partial charge on any atom is -0.399 e. The molecule has 3 nitrogen and oxygen atoms in total. The summed E-state index contributed by atoms with van der Waals surface area (Å²) in [6.07, 6.45) is 0. The van der Waals surface area contributed by atoms with Crippen LogP contribution in [0.3, 0.4) is 0 Å². The van der Waals surface area contributed by atoms with Crippen molar-refractivity contribution in [1.82, 2.24) is 4.90 Å². The predicted molar refractivity (Wildman–Crippen MR) is 73.3 cm³/mol. The number of hydrogen-bond donors (Lipinski definition) is 1. The van der Waals surface area contributed by atoms with Crippen LogP contribution in [-0.2, 0) is 0 Å². The van der Waals surface area contributed by atoms with Crippen molar-refractivity contribution in [2.45, 2.75) is 0 Å². The first kappa shape index (κ1) is 11.0. The fourth-order valence-corrected chi connectivity index (χ4v) is 2.71. The van der Waals surface area contributed by atoms with Crippen molar-refractivity contribution in [2.24, 2.45) is 0 Å². The van der Waals surface area contributed by atoms with E-state index in [0.29, 0.717) is 0 Å². The first-order chi connectivity index (χ1) is 7.16. The number of likely N-dealkylation sites (N-methyl/N-ethyl adjacent to an activating group) is 1. The van der Waals surface area contributed by atoms with E-state index in [2.05, 4.69) is 45.5 Å². The lowest BCUT2D eigenvalue weighted by atomic mass is 10.2. The van der Waals surface area contributed by atoms with Crippen LogP contribution >= 0.6 is 22.6 Å². The number of hydrogen-bond acceptors (Lipinski definition) is 3. The van der Waals surface area contributed by atoms with Crippen LogP contribution in [0.1, 0.15) is 0 Å². The van der Waals surface area contributed by atoms with Crippen LogP contribution in [-0.4, -0.2) is 38.1 Å². The molecule has 2 rings (SSSR count). The molecule has 4 heteroatoms. The SMILES string of the molecule is CN1CCN(c2ccc(N)cc2I)CC1. The number of rotatable bonds is 1. The van der Waals surface area contributed by atoms with Gasteiger partial charge in [-0.2, -0.15) is 0 Å². The fourth-order valence-electron chi connectivity index (χ4n) is 1.83. The molecule has 0 aliphatic carbocycles. The van der Waals surface area contributed by atoms with Gasteiger partial charge >= 0.3 is 0 Å². The van der Waals surface area contributed by atoms with E-state index in [1.807, 2.05) is 12.1 Å². The molecule has 0 aromatic heterocycles. The third-order valence-electron chi connectivity index (χ3n) is 2.82. The van der Waals surface area contributed by atoms with Gasteiger partial charge < -0.3 is 15.5 Å². The van der Waals surface area contributed by atoms with E-state index in [4.69, 9.17) is 5.73 Å². The molecule has 0 radical (unpaired) electrons. The normalized spacial score (nSPS) is 18.1. The maximum Gasteiger partial charge on any atom is 0.0504 e. The summed E-state index contributed by atoms with van der Waals surface area (Å²) in [7, 11) is 2.17. The molecule has 0 saturated carbocycles. The largest absolute Gasteiger partial charge is 0.399 e. The van der Waals surface area contributed by atoms with E-state index >= 15 is 0 Å². The molecule has 1 aromatic rings. The molecule has 15 heavy (non-hydrogen) atoms. The van der Waals surface area contributed by atoms with Crippen LogP contribution in [0.4, 0.5) is 11.4 Å². The molecule has 0 atom stereocenters. The number of piperazine rings is 1. The molecule has 1 aromatic carbocycles. The molecule has 1 heterocycles. The Hall–Kier alpha value is -0.490. The standard InChI is InChI=1S/C11H16IN3/c1-14-4-6-15(7-5-14)11-3-2-9(13)8-10(11)12/h2-3,8H,4-7,13H2,1H3. The highest BCUT2D eigenvalue weighted by Gasteiger charge is 2.15. The molecule has 2 N–H and O–H groups in total. The minimum atomic E-state index is 0.845. The zero-order chi connectivity index (χ0) is 10.8. The molecular weight excluding hydrogens is 301 g/mol. The van der Waals surface area contributed by atoms with Crippen LogP contribution in [0.5, 0.6) is 0 Å². The van der Waals surface area contributed by atoms with Gasteiger partial charge in [0.2, 0.25) is 0 Å². The van der Waals surface area contributed by atoms with Gasteiger partial charge in [-0.3, -0.25) is 0 Å². The van der Waals surface area contributed by atoms with Crippen LogP contribution in [0.15, 0.2) is 18.2 Å². The molecule has 1 aliphatic rings. The third-order valence-corrected chi connectivity index (χ3v) is 3.68. The first-order valence-corrected chi connectivity index (χ1v) is 6.23. The second kappa shape index (κ2) is 4.57. The molecule has 0 unspecified atom stereocenters. The summed E-state index contributed by atoms with van der Waals surface area (Å²) in [5.74, 6) is 0. The summed E-state index contributed by atoms with van der Waals surface area (Å²) in [4.78, 5) is 4.79. The topological polar surface area (TPSA) is 32.5 Å². The van der Waals surface area contributed by atoms with Crippen LogP contribution in [0.25, 0.3) is 0 Å². The predicted octanol–water partition coefficient (Wildman–Crippen LogP) is 1.63. The van der Waals surface area contributed by atoms with Crippen LogP contribution in [0.2, 0.25) is 0 Å². The van der Waals surface area contributed by atoms with Crippen molar-refractivity contribution in [3.05, 3.63) is 21.8 Å². The lowest BCUT2D eigenvalue weighted by Crippen LogP contribution is -2.44. The quantitative estimate of drug-likeness (QED) is 0.631. The van der Waals surface area contributed by atoms with Gasteiger partial charge in [0.25, 0.3) is 0 Å².